The molecule has 2 amide bonds. The summed E-state index contributed by atoms with van der Waals surface area (Å²) in [6, 6.07) is 21.2. The van der Waals surface area contributed by atoms with Gasteiger partial charge in [0.05, 0.1) is 24.6 Å². The lowest BCUT2D eigenvalue weighted by atomic mass is 9.48. The number of Topliss-reactive ketones (excluding diaryl/α,β-unsaturated/α-hetero) is 1. The van der Waals surface area contributed by atoms with Crippen molar-refractivity contribution in [3.8, 4) is 5.75 Å². The van der Waals surface area contributed by atoms with Crippen molar-refractivity contribution in [2.75, 3.05) is 12.0 Å². The average Bonchev–Trinajstić information content (AvgIpc) is 3.10. The molecule has 2 bridgehead atoms. The summed E-state index contributed by atoms with van der Waals surface area (Å²) in [5, 5.41) is 0. The molecule has 0 N–H and O–H groups in total. The van der Waals surface area contributed by atoms with Gasteiger partial charge in [0.2, 0.25) is 11.8 Å². The molecule has 1 heterocycles. The number of ether oxygens (including phenoxy) is 1. The number of hydrogen-bond acceptors (Lipinski definition) is 4. The predicted molar refractivity (Wildman–Crippen MR) is 124 cm³/mol. The third-order valence-corrected chi connectivity index (χ3v) is 7.87. The van der Waals surface area contributed by atoms with E-state index in [0.29, 0.717) is 17.0 Å². The van der Waals surface area contributed by atoms with Crippen molar-refractivity contribution in [1.29, 1.82) is 0 Å². The van der Waals surface area contributed by atoms with Crippen molar-refractivity contribution < 1.29 is 19.1 Å². The first-order valence-electron chi connectivity index (χ1n) is 11.1. The molecular weight excluding hydrogens is 414 g/mol. The van der Waals surface area contributed by atoms with E-state index in [1.54, 1.807) is 18.2 Å². The van der Waals surface area contributed by atoms with Crippen molar-refractivity contribution in [3.05, 3.63) is 94.5 Å². The SMILES string of the molecule is COc1ccc(C(C)=O)cc1N1C(=O)[C@@H]2[C@@H](C1=O)C1c3ccccc3C2(C)c2ccccc21. The summed E-state index contributed by atoms with van der Waals surface area (Å²) in [6.45, 7) is 3.56. The summed E-state index contributed by atoms with van der Waals surface area (Å²) in [7, 11) is 1.50. The fourth-order valence-corrected chi connectivity index (χ4v) is 6.47. The third kappa shape index (κ3) is 2.34. The molecule has 1 saturated heterocycles. The van der Waals surface area contributed by atoms with Gasteiger partial charge in [0.1, 0.15) is 5.75 Å². The van der Waals surface area contributed by atoms with Crippen LogP contribution >= 0.6 is 0 Å². The molecule has 0 unspecified atom stereocenters. The van der Waals surface area contributed by atoms with Crippen LogP contribution in [0.2, 0.25) is 0 Å². The van der Waals surface area contributed by atoms with E-state index in [1.165, 1.54) is 18.9 Å². The molecule has 1 fully saturated rings. The molecule has 0 radical (unpaired) electrons. The van der Waals surface area contributed by atoms with Gasteiger partial charge in [0.25, 0.3) is 0 Å². The van der Waals surface area contributed by atoms with E-state index in [-0.39, 0.29) is 23.5 Å². The fraction of sp³-hybridized carbons (Fsp3) is 0.250. The molecule has 164 valence electrons. The van der Waals surface area contributed by atoms with E-state index in [1.807, 2.05) is 24.3 Å². The highest BCUT2D eigenvalue weighted by molar-refractivity contribution is 6.24. The van der Waals surface area contributed by atoms with Crippen molar-refractivity contribution in [3.63, 3.8) is 0 Å². The maximum atomic E-state index is 14.1. The highest BCUT2D eigenvalue weighted by Gasteiger charge is 2.66. The van der Waals surface area contributed by atoms with Crippen LogP contribution in [0.25, 0.3) is 0 Å². The van der Waals surface area contributed by atoms with Crippen molar-refractivity contribution >= 4 is 23.3 Å². The summed E-state index contributed by atoms with van der Waals surface area (Å²) in [4.78, 5) is 41.4. The van der Waals surface area contributed by atoms with E-state index < -0.39 is 17.3 Å². The Morgan fingerprint density at radius 1 is 0.909 bits per heavy atom. The second kappa shape index (κ2) is 6.64. The quantitative estimate of drug-likeness (QED) is 0.448. The molecule has 5 heteroatoms. The Hall–Kier alpha value is -3.73. The molecule has 0 saturated carbocycles. The minimum atomic E-state index is -0.625. The van der Waals surface area contributed by atoms with Gasteiger partial charge in [-0.1, -0.05) is 55.5 Å². The standard InChI is InChI=1S/C28H23NO4/c1-15(30)16-12-13-22(33-3)21(14-16)29-26(31)24-23-17-8-4-6-10-19(17)28(2,25(24)27(29)32)20-11-7-5-9-18(20)23/h4-14,23-25H,1-3H3/t23?,24-,25-,28?/m0/s1. The van der Waals surface area contributed by atoms with Crippen LogP contribution < -0.4 is 9.64 Å². The Morgan fingerprint density at radius 2 is 1.52 bits per heavy atom. The minimum Gasteiger partial charge on any atom is -0.495 e. The van der Waals surface area contributed by atoms with Crippen LogP contribution in [0.3, 0.4) is 0 Å². The van der Waals surface area contributed by atoms with Crippen LogP contribution in [0.4, 0.5) is 5.69 Å². The Kier molecular flexibility index (Phi) is 4.01. The third-order valence-electron chi connectivity index (χ3n) is 7.87. The average molecular weight is 437 g/mol. The first kappa shape index (κ1) is 19.9. The van der Waals surface area contributed by atoms with Gasteiger partial charge in [-0.2, -0.15) is 0 Å². The van der Waals surface area contributed by atoms with Crippen LogP contribution in [0.1, 0.15) is 52.4 Å². The second-order valence-electron chi connectivity index (χ2n) is 9.31. The van der Waals surface area contributed by atoms with Crippen molar-refractivity contribution in [1.82, 2.24) is 0 Å². The van der Waals surface area contributed by atoms with Crippen LogP contribution in [0.15, 0.2) is 66.7 Å². The number of methoxy groups -OCH3 is 1. The van der Waals surface area contributed by atoms with Gasteiger partial charge in [-0.3, -0.25) is 14.4 Å². The fourth-order valence-electron chi connectivity index (χ4n) is 6.47. The molecule has 0 aromatic heterocycles. The molecule has 0 spiro atoms. The lowest BCUT2D eigenvalue weighted by molar-refractivity contribution is -0.123. The lowest BCUT2D eigenvalue weighted by Crippen LogP contribution is -2.51. The van der Waals surface area contributed by atoms with Gasteiger partial charge < -0.3 is 4.74 Å². The van der Waals surface area contributed by atoms with Crippen LogP contribution in [-0.4, -0.2) is 24.7 Å². The number of benzene rings is 3. The van der Waals surface area contributed by atoms with E-state index >= 15 is 0 Å². The summed E-state index contributed by atoms with van der Waals surface area (Å²) < 4.78 is 5.50. The molecular formula is C28H23NO4. The molecule has 3 aromatic carbocycles. The van der Waals surface area contributed by atoms with E-state index in [9.17, 15) is 14.4 Å². The Morgan fingerprint density at radius 3 is 2.09 bits per heavy atom. The summed E-state index contributed by atoms with van der Waals surface area (Å²) >= 11 is 0. The maximum absolute atomic E-state index is 14.1. The highest BCUT2D eigenvalue weighted by Crippen LogP contribution is 2.64. The monoisotopic (exact) mass is 437 g/mol. The second-order valence-corrected chi connectivity index (χ2v) is 9.31. The number of rotatable bonds is 3. The zero-order chi connectivity index (χ0) is 23.1. The summed E-state index contributed by atoms with van der Waals surface area (Å²) in [6.07, 6.45) is 0. The summed E-state index contributed by atoms with van der Waals surface area (Å²) in [5.41, 5.74) is 4.61. The van der Waals surface area contributed by atoms with E-state index in [2.05, 4.69) is 31.2 Å². The molecule has 3 aromatic rings. The van der Waals surface area contributed by atoms with Crippen LogP contribution in [0.5, 0.6) is 5.75 Å². The highest BCUT2D eigenvalue weighted by atomic mass is 16.5. The van der Waals surface area contributed by atoms with Gasteiger partial charge in [-0.15, -0.1) is 0 Å². The molecule has 1 aliphatic heterocycles. The number of hydrogen-bond donors (Lipinski definition) is 0. The Bertz CT molecular complexity index is 1330. The minimum absolute atomic E-state index is 0.137. The Balaban J connectivity index is 1.59. The number of imide groups is 1. The first-order valence-corrected chi connectivity index (χ1v) is 11.1. The van der Waals surface area contributed by atoms with Gasteiger partial charge in [0.15, 0.2) is 5.78 Å². The van der Waals surface area contributed by atoms with E-state index in [4.69, 9.17) is 4.74 Å². The zero-order valence-corrected chi connectivity index (χ0v) is 18.7. The van der Waals surface area contributed by atoms with Crippen molar-refractivity contribution in [2.24, 2.45) is 11.8 Å². The number of ketones is 1. The predicted octanol–water partition coefficient (Wildman–Crippen LogP) is 4.47. The normalized spacial score (nSPS) is 26.6. The van der Waals surface area contributed by atoms with Crippen LogP contribution in [-0.2, 0) is 15.0 Å². The molecule has 7 rings (SSSR count). The van der Waals surface area contributed by atoms with Gasteiger partial charge >= 0.3 is 0 Å². The smallest absolute Gasteiger partial charge is 0.239 e. The molecule has 5 nitrogen and oxygen atoms in total. The van der Waals surface area contributed by atoms with Gasteiger partial charge in [0, 0.05) is 16.9 Å². The molecule has 4 aliphatic rings. The molecule has 2 atom stereocenters. The number of amides is 2. The van der Waals surface area contributed by atoms with E-state index in [0.717, 1.165) is 22.3 Å². The van der Waals surface area contributed by atoms with Gasteiger partial charge in [-0.25, -0.2) is 4.90 Å². The number of anilines is 1. The number of carbonyl (C=O) groups is 3. The first-order chi connectivity index (χ1) is 15.9. The van der Waals surface area contributed by atoms with Crippen molar-refractivity contribution in [2.45, 2.75) is 25.2 Å². The molecule has 3 aliphatic carbocycles. The zero-order valence-electron chi connectivity index (χ0n) is 18.7. The topological polar surface area (TPSA) is 63.7 Å². The number of carbonyl (C=O) groups excluding carboxylic acids is 3. The molecule has 33 heavy (non-hydrogen) atoms. The number of nitrogens with zero attached hydrogens (tertiary/aromatic N) is 1. The Labute approximate surface area is 192 Å². The largest absolute Gasteiger partial charge is 0.495 e. The lowest BCUT2D eigenvalue weighted by Gasteiger charge is -2.52. The maximum Gasteiger partial charge on any atom is 0.239 e. The van der Waals surface area contributed by atoms with Crippen LogP contribution in [0, 0.1) is 11.8 Å². The summed E-state index contributed by atoms with van der Waals surface area (Å²) in [5.74, 6) is -1.42. The van der Waals surface area contributed by atoms with Gasteiger partial charge in [-0.05, 0) is 47.4 Å².